The molecule has 0 aliphatic carbocycles. The van der Waals surface area contributed by atoms with Gasteiger partial charge >= 0.3 is 0 Å². The minimum atomic E-state index is 0.255. The van der Waals surface area contributed by atoms with Gasteiger partial charge in [-0.15, -0.1) is 0 Å². The molecular formula is C22H23N3. The summed E-state index contributed by atoms with van der Waals surface area (Å²) in [6, 6.07) is 18.2. The van der Waals surface area contributed by atoms with Crippen LogP contribution in [0.1, 0.15) is 42.5 Å². The number of hydrogen-bond donors (Lipinski definition) is 1. The molecule has 25 heavy (non-hydrogen) atoms. The van der Waals surface area contributed by atoms with Crippen LogP contribution in [0.4, 0.5) is 0 Å². The van der Waals surface area contributed by atoms with Crippen LogP contribution in [-0.2, 0) is 6.42 Å². The van der Waals surface area contributed by atoms with Crippen molar-refractivity contribution >= 4 is 16.7 Å². The van der Waals surface area contributed by atoms with Gasteiger partial charge < -0.3 is 9.88 Å². The van der Waals surface area contributed by atoms with E-state index >= 15 is 0 Å². The number of nitrogens with zero attached hydrogens (tertiary/aromatic N) is 2. The van der Waals surface area contributed by atoms with Gasteiger partial charge in [0.1, 0.15) is 5.84 Å². The number of nitrogens with one attached hydrogen (secondary N) is 1. The lowest BCUT2D eigenvalue weighted by molar-refractivity contribution is 0.335. The molecule has 2 unspecified atom stereocenters. The molecule has 0 spiro atoms. The van der Waals surface area contributed by atoms with Crippen molar-refractivity contribution in [2.75, 3.05) is 6.54 Å². The Morgan fingerprint density at radius 2 is 1.84 bits per heavy atom. The van der Waals surface area contributed by atoms with Crippen molar-refractivity contribution in [2.24, 2.45) is 4.99 Å². The molecule has 0 amide bonds. The van der Waals surface area contributed by atoms with Crippen molar-refractivity contribution in [3.8, 4) is 0 Å². The van der Waals surface area contributed by atoms with Gasteiger partial charge in [-0.1, -0.05) is 42.5 Å². The highest BCUT2D eigenvalue weighted by Crippen LogP contribution is 2.39. The minimum absolute atomic E-state index is 0.255. The first-order chi connectivity index (χ1) is 12.3. The topological polar surface area (TPSA) is 31.4 Å². The van der Waals surface area contributed by atoms with Crippen molar-refractivity contribution in [3.63, 3.8) is 0 Å². The van der Waals surface area contributed by atoms with Crippen LogP contribution in [0.5, 0.6) is 0 Å². The summed E-state index contributed by atoms with van der Waals surface area (Å²) in [6.07, 6.45) is 5.57. The predicted octanol–water partition coefficient (Wildman–Crippen LogP) is 4.70. The molecule has 2 atom stereocenters. The number of aromatic nitrogens is 1. The molecule has 0 saturated heterocycles. The highest BCUT2D eigenvalue weighted by atomic mass is 15.2. The van der Waals surface area contributed by atoms with E-state index in [1.807, 2.05) is 0 Å². The number of H-pyrrole nitrogens is 1. The number of aliphatic imine (C=N–C) groups is 1. The SMILES string of the molecule is CC1CCC(N2CCc3ccccc3C2c2c[nH]c3ccccc23)=N1. The Labute approximate surface area is 148 Å². The van der Waals surface area contributed by atoms with Crippen LogP contribution >= 0.6 is 0 Å². The molecular weight excluding hydrogens is 306 g/mol. The van der Waals surface area contributed by atoms with Crippen molar-refractivity contribution in [3.05, 3.63) is 71.4 Å². The molecule has 0 saturated carbocycles. The number of benzene rings is 2. The largest absolute Gasteiger partial charge is 0.361 e. The highest BCUT2D eigenvalue weighted by molar-refractivity contribution is 5.88. The molecule has 5 rings (SSSR count). The summed E-state index contributed by atoms with van der Waals surface area (Å²) in [7, 11) is 0. The van der Waals surface area contributed by atoms with Gasteiger partial charge in [0.25, 0.3) is 0 Å². The number of para-hydroxylation sites is 1. The molecule has 0 bridgehead atoms. The molecule has 3 heteroatoms. The Kier molecular flexibility index (Phi) is 3.40. The highest BCUT2D eigenvalue weighted by Gasteiger charge is 2.33. The third-order valence-electron chi connectivity index (χ3n) is 5.69. The smallest absolute Gasteiger partial charge is 0.100 e. The quantitative estimate of drug-likeness (QED) is 0.689. The summed E-state index contributed by atoms with van der Waals surface area (Å²) >= 11 is 0. The van der Waals surface area contributed by atoms with Gasteiger partial charge in [-0.05, 0) is 37.0 Å². The number of hydrogen-bond acceptors (Lipinski definition) is 2. The standard InChI is InChI=1S/C22H23N3/c1-15-10-11-21(24-15)25-13-12-16-6-2-3-7-17(16)22(25)19-14-23-20-9-5-4-8-18(19)20/h2-9,14-15,22-23H,10-13H2,1H3. The van der Waals surface area contributed by atoms with Crippen LogP contribution in [0.3, 0.4) is 0 Å². The number of aromatic amines is 1. The maximum absolute atomic E-state index is 4.96. The Hall–Kier alpha value is -2.55. The van der Waals surface area contributed by atoms with Crippen molar-refractivity contribution in [1.82, 2.24) is 9.88 Å². The van der Waals surface area contributed by atoms with Crippen LogP contribution in [0, 0.1) is 0 Å². The maximum Gasteiger partial charge on any atom is 0.100 e. The Morgan fingerprint density at radius 1 is 1.00 bits per heavy atom. The van der Waals surface area contributed by atoms with E-state index in [2.05, 4.69) is 71.5 Å². The Balaban J connectivity index is 1.69. The summed E-state index contributed by atoms with van der Waals surface area (Å²) in [5.74, 6) is 1.29. The zero-order valence-corrected chi connectivity index (χ0v) is 14.6. The fourth-order valence-electron chi connectivity index (χ4n) is 4.44. The van der Waals surface area contributed by atoms with E-state index in [0.29, 0.717) is 6.04 Å². The maximum atomic E-state index is 4.96. The van der Waals surface area contributed by atoms with Crippen molar-refractivity contribution in [2.45, 2.75) is 38.3 Å². The van der Waals surface area contributed by atoms with Crippen LogP contribution in [0.25, 0.3) is 10.9 Å². The molecule has 2 aromatic carbocycles. The van der Waals surface area contributed by atoms with E-state index in [1.165, 1.54) is 39.8 Å². The molecule has 3 nitrogen and oxygen atoms in total. The van der Waals surface area contributed by atoms with Crippen LogP contribution < -0.4 is 0 Å². The summed E-state index contributed by atoms with van der Waals surface area (Å²) in [5.41, 5.74) is 5.48. The molecule has 1 N–H and O–H groups in total. The van der Waals surface area contributed by atoms with Gasteiger partial charge in [0.2, 0.25) is 0 Å². The molecule has 3 heterocycles. The summed E-state index contributed by atoms with van der Waals surface area (Å²) in [5, 5.41) is 1.32. The molecule has 1 aromatic heterocycles. The third kappa shape index (κ3) is 2.38. The van der Waals surface area contributed by atoms with E-state index in [9.17, 15) is 0 Å². The first-order valence-corrected chi connectivity index (χ1v) is 9.28. The van der Waals surface area contributed by atoms with Gasteiger partial charge in [-0.25, -0.2) is 0 Å². The second kappa shape index (κ2) is 5.76. The minimum Gasteiger partial charge on any atom is -0.361 e. The van der Waals surface area contributed by atoms with Crippen molar-refractivity contribution < 1.29 is 0 Å². The van der Waals surface area contributed by atoms with E-state index in [4.69, 9.17) is 4.99 Å². The molecule has 3 aromatic rings. The van der Waals surface area contributed by atoms with Crippen LogP contribution in [-0.4, -0.2) is 28.3 Å². The normalized spacial score (nSPS) is 22.9. The van der Waals surface area contributed by atoms with Crippen LogP contribution in [0.2, 0.25) is 0 Å². The molecule has 2 aliphatic rings. The lowest BCUT2D eigenvalue weighted by atomic mass is 9.87. The summed E-state index contributed by atoms with van der Waals surface area (Å²) in [4.78, 5) is 11.0. The predicted molar refractivity (Wildman–Crippen MR) is 103 cm³/mol. The average molecular weight is 329 g/mol. The second-order valence-corrected chi connectivity index (χ2v) is 7.27. The zero-order chi connectivity index (χ0) is 16.8. The fraction of sp³-hybridized carbons (Fsp3) is 0.318. The van der Waals surface area contributed by atoms with Gasteiger partial charge in [0, 0.05) is 41.7 Å². The second-order valence-electron chi connectivity index (χ2n) is 7.27. The molecule has 0 fully saturated rings. The molecule has 0 radical (unpaired) electrons. The van der Waals surface area contributed by atoms with Crippen molar-refractivity contribution in [1.29, 1.82) is 0 Å². The summed E-state index contributed by atoms with van der Waals surface area (Å²) < 4.78 is 0. The number of fused-ring (bicyclic) bond motifs is 2. The monoisotopic (exact) mass is 329 g/mol. The first-order valence-electron chi connectivity index (χ1n) is 9.28. The number of rotatable bonds is 1. The molecule has 126 valence electrons. The van der Waals surface area contributed by atoms with Gasteiger partial charge in [-0.3, -0.25) is 4.99 Å². The lowest BCUT2D eigenvalue weighted by Crippen LogP contribution is -2.39. The van der Waals surface area contributed by atoms with Gasteiger partial charge in [0.05, 0.1) is 6.04 Å². The van der Waals surface area contributed by atoms with Crippen LogP contribution in [0.15, 0.2) is 59.7 Å². The van der Waals surface area contributed by atoms with E-state index in [1.54, 1.807) is 0 Å². The van der Waals surface area contributed by atoms with Gasteiger partial charge in [-0.2, -0.15) is 0 Å². The van der Waals surface area contributed by atoms with Gasteiger partial charge in [0.15, 0.2) is 0 Å². The fourth-order valence-corrected chi connectivity index (χ4v) is 4.44. The Morgan fingerprint density at radius 3 is 2.72 bits per heavy atom. The Bertz CT molecular complexity index is 953. The summed E-state index contributed by atoms with van der Waals surface area (Å²) in [6.45, 7) is 3.28. The average Bonchev–Trinajstić information content (AvgIpc) is 3.27. The lowest BCUT2D eigenvalue weighted by Gasteiger charge is -2.39. The van der Waals surface area contributed by atoms with E-state index < -0.39 is 0 Å². The first kappa shape index (κ1) is 14.8. The molecule has 2 aliphatic heterocycles. The van der Waals surface area contributed by atoms with E-state index in [-0.39, 0.29) is 6.04 Å². The third-order valence-corrected chi connectivity index (χ3v) is 5.69. The van der Waals surface area contributed by atoms with E-state index in [0.717, 1.165) is 19.4 Å². The zero-order valence-electron chi connectivity index (χ0n) is 14.6. The number of amidine groups is 1.